The molecule has 2 aromatic heterocycles. The first-order valence-corrected chi connectivity index (χ1v) is 5.90. The number of aryl methyl sites for hydroxylation is 1. The minimum atomic E-state index is -0.399. The molecule has 0 aromatic carbocycles. The second-order valence-electron chi connectivity index (χ2n) is 4.15. The average molecular weight is 258 g/mol. The van der Waals surface area contributed by atoms with Crippen molar-refractivity contribution in [2.45, 2.75) is 13.3 Å². The highest BCUT2D eigenvalue weighted by Gasteiger charge is 2.11. The molecule has 0 aliphatic carbocycles. The molecular formula is C13H14N4O2. The topological polar surface area (TPSA) is 81.0 Å². The van der Waals surface area contributed by atoms with Crippen molar-refractivity contribution in [1.82, 2.24) is 9.97 Å². The third-order valence-corrected chi connectivity index (χ3v) is 2.71. The van der Waals surface area contributed by atoms with Crippen LogP contribution in [0.2, 0.25) is 0 Å². The van der Waals surface area contributed by atoms with Gasteiger partial charge in [-0.2, -0.15) is 0 Å². The Morgan fingerprint density at radius 3 is 2.95 bits per heavy atom. The molecule has 0 amide bonds. The Bertz CT molecular complexity index is 572. The van der Waals surface area contributed by atoms with E-state index in [0.717, 1.165) is 12.0 Å². The molecule has 2 aromatic rings. The molecule has 0 bridgehead atoms. The highest BCUT2D eigenvalue weighted by atomic mass is 16.6. The fourth-order valence-electron chi connectivity index (χ4n) is 1.69. The molecule has 6 heteroatoms. The van der Waals surface area contributed by atoms with Crippen molar-refractivity contribution in [3.63, 3.8) is 0 Å². The SMILES string of the molecule is Cc1cnc(NCCc2cccnc2)cc1[N+](=O)[O-]. The standard InChI is InChI=1S/C13H14N4O2/c1-10-8-16-13(7-12(10)17(18)19)15-6-4-11-3-2-5-14-9-11/h2-3,5,7-9H,4,6H2,1H3,(H,15,16). The first-order chi connectivity index (χ1) is 9.16. The van der Waals surface area contributed by atoms with Gasteiger partial charge in [0.15, 0.2) is 0 Å². The van der Waals surface area contributed by atoms with E-state index in [-0.39, 0.29) is 5.69 Å². The molecule has 19 heavy (non-hydrogen) atoms. The van der Waals surface area contributed by atoms with Crippen molar-refractivity contribution in [2.24, 2.45) is 0 Å². The number of hydrogen-bond donors (Lipinski definition) is 1. The lowest BCUT2D eigenvalue weighted by Crippen LogP contribution is -2.07. The van der Waals surface area contributed by atoms with E-state index in [0.29, 0.717) is 17.9 Å². The van der Waals surface area contributed by atoms with Gasteiger partial charge >= 0.3 is 0 Å². The van der Waals surface area contributed by atoms with Crippen molar-refractivity contribution in [1.29, 1.82) is 0 Å². The molecule has 0 saturated carbocycles. The molecule has 0 saturated heterocycles. The largest absolute Gasteiger partial charge is 0.370 e. The van der Waals surface area contributed by atoms with Gasteiger partial charge in [0.25, 0.3) is 5.69 Å². The van der Waals surface area contributed by atoms with Crippen LogP contribution in [0.5, 0.6) is 0 Å². The number of nitro groups is 1. The molecule has 0 fully saturated rings. The van der Waals surface area contributed by atoms with Crippen LogP contribution in [0.15, 0.2) is 36.8 Å². The zero-order valence-electron chi connectivity index (χ0n) is 10.5. The van der Waals surface area contributed by atoms with Gasteiger partial charge in [-0.05, 0) is 25.0 Å². The second kappa shape index (κ2) is 5.90. The van der Waals surface area contributed by atoms with E-state index in [1.807, 2.05) is 12.1 Å². The smallest absolute Gasteiger partial charge is 0.277 e. The Balaban J connectivity index is 1.97. The average Bonchev–Trinajstić information content (AvgIpc) is 2.41. The fourth-order valence-corrected chi connectivity index (χ4v) is 1.69. The minimum absolute atomic E-state index is 0.0823. The van der Waals surface area contributed by atoms with Gasteiger partial charge in [0.2, 0.25) is 0 Å². The molecule has 6 nitrogen and oxygen atoms in total. The molecular weight excluding hydrogens is 244 g/mol. The lowest BCUT2D eigenvalue weighted by molar-refractivity contribution is -0.385. The molecule has 2 heterocycles. The van der Waals surface area contributed by atoms with E-state index in [9.17, 15) is 10.1 Å². The van der Waals surface area contributed by atoms with Crippen LogP contribution >= 0.6 is 0 Å². The summed E-state index contributed by atoms with van der Waals surface area (Å²) in [7, 11) is 0. The summed E-state index contributed by atoms with van der Waals surface area (Å²) in [5, 5.41) is 13.9. The monoisotopic (exact) mass is 258 g/mol. The van der Waals surface area contributed by atoms with Crippen LogP contribution in [0, 0.1) is 17.0 Å². The van der Waals surface area contributed by atoms with Crippen LogP contribution in [0.3, 0.4) is 0 Å². The van der Waals surface area contributed by atoms with Crippen LogP contribution in [0.4, 0.5) is 11.5 Å². The summed E-state index contributed by atoms with van der Waals surface area (Å²) in [5.41, 5.74) is 1.75. The van der Waals surface area contributed by atoms with Crippen molar-refractivity contribution in [2.75, 3.05) is 11.9 Å². The lowest BCUT2D eigenvalue weighted by Gasteiger charge is -2.06. The summed E-state index contributed by atoms with van der Waals surface area (Å²) < 4.78 is 0. The molecule has 98 valence electrons. The van der Waals surface area contributed by atoms with Gasteiger partial charge in [-0.15, -0.1) is 0 Å². The van der Waals surface area contributed by atoms with E-state index in [4.69, 9.17) is 0 Å². The van der Waals surface area contributed by atoms with Crippen LogP contribution in [-0.4, -0.2) is 21.4 Å². The number of pyridine rings is 2. The van der Waals surface area contributed by atoms with E-state index in [1.54, 1.807) is 19.3 Å². The molecule has 0 atom stereocenters. The van der Waals surface area contributed by atoms with Gasteiger partial charge in [0.1, 0.15) is 5.82 Å². The number of hydrogen-bond acceptors (Lipinski definition) is 5. The van der Waals surface area contributed by atoms with Gasteiger partial charge < -0.3 is 5.32 Å². The van der Waals surface area contributed by atoms with E-state index in [1.165, 1.54) is 12.3 Å². The van der Waals surface area contributed by atoms with Crippen molar-refractivity contribution >= 4 is 11.5 Å². The third-order valence-electron chi connectivity index (χ3n) is 2.71. The van der Waals surface area contributed by atoms with E-state index >= 15 is 0 Å². The van der Waals surface area contributed by atoms with Crippen molar-refractivity contribution in [3.05, 3.63) is 58.0 Å². The predicted molar refractivity (Wildman–Crippen MR) is 72.1 cm³/mol. The Kier molecular flexibility index (Phi) is 4.02. The maximum Gasteiger partial charge on any atom is 0.277 e. The highest BCUT2D eigenvalue weighted by Crippen LogP contribution is 2.19. The van der Waals surface area contributed by atoms with Crippen LogP contribution < -0.4 is 5.32 Å². The summed E-state index contributed by atoms with van der Waals surface area (Å²) in [6.45, 7) is 2.32. The normalized spacial score (nSPS) is 10.2. The lowest BCUT2D eigenvalue weighted by atomic mass is 10.2. The predicted octanol–water partition coefficient (Wildman–Crippen LogP) is 2.35. The van der Waals surface area contributed by atoms with Gasteiger partial charge in [-0.1, -0.05) is 6.07 Å². The summed E-state index contributed by atoms with van der Waals surface area (Å²) in [4.78, 5) is 18.6. The maximum absolute atomic E-state index is 10.8. The summed E-state index contributed by atoms with van der Waals surface area (Å²) in [6, 6.07) is 5.32. The second-order valence-corrected chi connectivity index (χ2v) is 4.15. The van der Waals surface area contributed by atoms with Gasteiger partial charge in [-0.25, -0.2) is 4.98 Å². The van der Waals surface area contributed by atoms with Gasteiger partial charge in [0, 0.05) is 30.7 Å². The third kappa shape index (κ3) is 3.48. The van der Waals surface area contributed by atoms with Gasteiger partial charge in [-0.3, -0.25) is 15.1 Å². The number of nitrogens with zero attached hydrogens (tertiary/aromatic N) is 3. The Morgan fingerprint density at radius 1 is 1.42 bits per heavy atom. The summed E-state index contributed by atoms with van der Waals surface area (Å²) in [5.74, 6) is 0.515. The summed E-state index contributed by atoms with van der Waals surface area (Å²) >= 11 is 0. The van der Waals surface area contributed by atoms with E-state index in [2.05, 4.69) is 15.3 Å². The van der Waals surface area contributed by atoms with Crippen LogP contribution in [-0.2, 0) is 6.42 Å². The number of aromatic nitrogens is 2. The molecule has 0 aliphatic rings. The van der Waals surface area contributed by atoms with E-state index < -0.39 is 4.92 Å². The van der Waals surface area contributed by atoms with Crippen LogP contribution in [0.1, 0.15) is 11.1 Å². The Hall–Kier alpha value is -2.50. The highest BCUT2D eigenvalue weighted by molar-refractivity contribution is 5.48. The maximum atomic E-state index is 10.8. The quantitative estimate of drug-likeness (QED) is 0.657. The zero-order chi connectivity index (χ0) is 13.7. The van der Waals surface area contributed by atoms with Gasteiger partial charge in [0.05, 0.1) is 11.0 Å². The zero-order valence-corrected chi connectivity index (χ0v) is 10.5. The molecule has 0 unspecified atom stereocenters. The van der Waals surface area contributed by atoms with Crippen LogP contribution in [0.25, 0.3) is 0 Å². The molecule has 1 N–H and O–H groups in total. The minimum Gasteiger partial charge on any atom is -0.370 e. The first kappa shape index (κ1) is 12.9. The van der Waals surface area contributed by atoms with Crippen molar-refractivity contribution in [3.8, 4) is 0 Å². The molecule has 0 radical (unpaired) electrons. The summed E-state index contributed by atoms with van der Waals surface area (Å²) in [6.07, 6.45) is 5.82. The number of rotatable bonds is 5. The Morgan fingerprint density at radius 2 is 2.26 bits per heavy atom. The fraction of sp³-hybridized carbons (Fsp3) is 0.231. The Labute approximate surface area is 110 Å². The number of nitrogens with one attached hydrogen (secondary N) is 1. The molecule has 0 spiro atoms. The molecule has 0 aliphatic heterocycles. The molecule has 2 rings (SSSR count). The first-order valence-electron chi connectivity index (χ1n) is 5.90. The van der Waals surface area contributed by atoms with Crippen molar-refractivity contribution < 1.29 is 4.92 Å². The number of anilines is 1.